The molecule has 1 aliphatic rings. The number of nitrogens with zero attached hydrogens (tertiary/aromatic N) is 2. The largest absolute Gasteiger partial charge is 0.316 e. The minimum Gasteiger partial charge on any atom is -0.316 e. The van der Waals surface area contributed by atoms with Crippen molar-refractivity contribution in [3.8, 4) is 0 Å². The zero-order valence-electron chi connectivity index (χ0n) is 13.5. The lowest BCUT2D eigenvalue weighted by molar-refractivity contribution is 0.118. The van der Waals surface area contributed by atoms with E-state index in [2.05, 4.69) is 31.0 Å². The van der Waals surface area contributed by atoms with Gasteiger partial charge in [-0.1, -0.05) is 20.8 Å². The van der Waals surface area contributed by atoms with E-state index >= 15 is 0 Å². The Labute approximate surface area is 124 Å². The fourth-order valence-electron chi connectivity index (χ4n) is 2.62. The highest BCUT2D eigenvalue weighted by molar-refractivity contribution is 7.88. The van der Waals surface area contributed by atoms with Gasteiger partial charge in [0.2, 0.25) is 10.0 Å². The lowest BCUT2D eigenvalue weighted by atomic mass is 9.86. The Morgan fingerprint density at radius 3 is 2.20 bits per heavy atom. The smallest absolute Gasteiger partial charge is 0.211 e. The van der Waals surface area contributed by atoms with Crippen molar-refractivity contribution in [2.24, 2.45) is 5.41 Å². The third-order valence-corrected chi connectivity index (χ3v) is 5.54. The topological polar surface area (TPSA) is 52.6 Å². The summed E-state index contributed by atoms with van der Waals surface area (Å²) < 4.78 is 24.6. The lowest BCUT2D eigenvalue weighted by Crippen LogP contribution is -2.52. The second-order valence-electron chi connectivity index (χ2n) is 6.28. The van der Waals surface area contributed by atoms with E-state index in [1.165, 1.54) is 6.26 Å². The standard InChI is InChI=1S/C14H31N3O2S/c1-5-7-15-12-14(3,6-2)13-16-8-10-17(11-9-16)20(4,18)19/h15H,5-13H2,1-4H3. The van der Waals surface area contributed by atoms with E-state index in [-0.39, 0.29) is 5.41 Å². The summed E-state index contributed by atoms with van der Waals surface area (Å²) in [5, 5.41) is 3.52. The Hall–Kier alpha value is -0.170. The van der Waals surface area contributed by atoms with Crippen molar-refractivity contribution in [2.75, 3.05) is 52.1 Å². The summed E-state index contributed by atoms with van der Waals surface area (Å²) in [6.45, 7) is 12.8. The third-order valence-electron chi connectivity index (χ3n) is 4.24. The summed E-state index contributed by atoms with van der Waals surface area (Å²) in [7, 11) is -3.02. The molecule has 0 spiro atoms. The molecular formula is C14H31N3O2S. The Bertz CT molecular complexity index is 378. The van der Waals surface area contributed by atoms with Crippen LogP contribution in [-0.4, -0.2) is 69.7 Å². The van der Waals surface area contributed by atoms with Crippen LogP contribution in [0.15, 0.2) is 0 Å². The first-order valence-electron chi connectivity index (χ1n) is 7.69. The van der Waals surface area contributed by atoms with E-state index in [9.17, 15) is 8.42 Å². The van der Waals surface area contributed by atoms with E-state index < -0.39 is 10.0 Å². The van der Waals surface area contributed by atoms with Crippen LogP contribution in [0.2, 0.25) is 0 Å². The van der Waals surface area contributed by atoms with Gasteiger partial charge < -0.3 is 10.2 Å². The summed E-state index contributed by atoms with van der Waals surface area (Å²) in [5.41, 5.74) is 0.266. The quantitative estimate of drug-likeness (QED) is 0.679. The average molecular weight is 305 g/mol. The van der Waals surface area contributed by atoms with Gasteiger partial charge in [0, 0.05) is 39.3 Å². The van der Waals surface area contributed by atoms with Gasteiger partial charge in [-0.15, -0.1) is 0 Å². The Morgan fingerprint density at radius 2 is 1.75 bits per heavy atom. The maximum absolute atomic E-state index is 11.5. The van der Waals surface area contributed by atoms with Crippen LogP contribution >= 0.6 is 0 Å². The highest BCUT2D eigenvalue weighted by Gasteiger charge is 2.29. The van der Waals surface area contributed by atoms with Crippen LogP contribution in [0.25, 0.3) is 0 Å². The number of hydrogen-bond acceptors (Lipinski definition) is 4. The van der Waals surface area contributed by atoms with Crippen LogP contribution in [0.1, 0.15) is 33.6 Å². The minimum atomic E-state index is -3.02. The fraction of sp³-hybridized carbons (Fsp3) is 1.00. The molecule has 0 amide bonds. The number of piperazine rings is 1. The molecule has 5 nitrogen and oxygen atoms in total. The van der Waals surface area contributed by atoms with Crippen LogP contribution in [0.4, 0.5) is 0 Å². The molecule has 1 unspecified atom stereocenters. The van der Waals surface area contributed by atoms with Crippen molar-refractivity contribution in [1.29, 1.82) is 0 Å². The first kappa shape index (κ1) is 17.9. The fourth-order valence-corrected chi connectivity index (χ4v) is 3.45. The molecule has 20 heavy (non-hydrogen) atoms. The molecular weight excluding hydrogens is 274 g/mol. The third kappa shape index (κ3) is 5.68. The van der Waals surface area contributed by atoms with Gasteiger partial charge in [0.1, 0.15) is 0 Å². The minimum absolute atomic E-state index is 0.266. The molecule has 0 aliphatic carbocycles. The summed E-state index contributed by atoms with van der Waals surface area (Å²) in [6.07, 6.45) is 3.59. The Morgan fingerprint density at radius 1 is 1.15 bits per heavy atom. The first-order chi connectivity index (χ1) is 9.30. The van der Waals surface area contributed by atoms with Crippen LogP contribution in [-0.2, 0) is 10.0 Å². The molecule has 0 aromatic heterocycles. The van der Waals surface area contributed by atoms with Crippen molar-refractivity contribution in [1.82, 2.24) is 14.5 Å². The molecule has 120 valence electrons. The summed E-state index contributed by atoms with van der Waals surface area (Å²) in [6, 6.07) is 0. The average Bonchev–Trinajstić information content (AvgIpc) is 2.38. The van der Waals surface area contributed by atoms with Crippen molar-refractivity contribution in [3.05, 3.63) is 0 Å². The second-order valence-corrected chi connectivity index (χ2v) is 8.26. The molecule has 1 heterocycles. The van der Waals surface area contributed by atoms with Gasteiger partial charge in [-0.25, -0.2) is 8.42 Å². The zero-order chi connectivity index (χ0) is 15.2. The van der Waals surface area contributed by atoms with Crippen molar-refractivity contribution >= 4 is 10.0 Å². The van der Waals surface area contributed by atoms with Crippen molar-refractivity contribution < 1.29 is 8.42 Å². The normalized spacial score (nSPS) is 21.8. The number of hydrogen-bond donors (Lipinski definition) is 1. The van der Waals surface area contributed by atoms with Gasteiger partial charge in [0.05, 0.1) is 6.26 Å². The van der Waals surface area contributed by atoms with Crippen molar-refractivity contribution in [2.45, 2.75) is 33.6 Å². The number of sulfonamides is 1. The predicted molar refractivity (Wildman–Crippen MR) is 84.4 cm³/mol. The van der Waals surface area contributed by atoms with E-state index in [4.69, 9.17) is 0 Å². The molecule has 1 rings (SSSR count). The second kappa shape index (κ2) is 7.73. The van der Waals surface area contributed by atoms with E-state index in [1.807, 2.05) is 0 Å². The molecule has 0 radical (unpaired) electrons. The Kier molecular flexibility index (Phi) is 6.91. The molecule has 1 atom stereocenters. The van der Waals surface area contributed by atoms with E-state index in [0.29, 0.717) is 13.1 Å². The molecule has 1 fully saturated rings. The Balaban J connectivity index is 2.44. The van der Waals surface area contributed by atoms with Gasteiger partial charge in [-0.2, -0.15) is 4.31 Å². The molecule has 1 N–H and O–H groups in total. The molecule has 0 aromatic rings. The summed E-state index contributed by atoms with van der Waals surface area (Å²) in [5.74, 6) is 0. The maximum atomic E-state index is 11.5. The van der Waals surface area contributed by atoms with Gasteiger partial charge in [0.15, 0.2) is 0 Å². The van der Waals surface area contributed by atoms with Crippen LogP contribution in [0, 0.1) is 5.41 Å². The number of rotatable bonds is 8. The summed E-state index contributed by atoms with van der Waals surface area (Å²) in [4.78, 5) is 2.40. The van der Waals surface area contributed by atoms with Crippen LogP contribution in [0.5, 0.6) is 0 Å². The lowest BCUT2D eigenvalue weighted by Gasteiger charge is -2.39. The highest BCUT2D eigenvalue weighted by Crippen LogP contribution is 2.22. The van der Waals surface area contributed by atoms with Gasteiger partial charge in [0.25, 0.3) is 0 Å². The van der Waals surface area contributed by atoms with E-state index in [1.54, 1.807) is 4.31 Å². The first-order valence-corrected chi connectivity index (χ1v) is 9.54. The molecule has 0 aromatic carbocycles. The van der Waals surface area contributed by atoms with Crippen molar-refractivity contribution in [3.63, 3.8) is 0 Å². The monoisotopic (exact) mass is 305 g/mol. The molecule has 0 saturated carbocycles. The maximum Gasteiger partial charge on any atom is 0.211 e. The SMILES string of the molecule is CCCNCC(C)(CC)CN1CCN(S(C)(=O)=O)CC1. The molecule has 6 heteroatoms. The van der Waals surface area contributed by atoms with E-state index in [0.717, 1.165) is 45.6 Å². The van der Waals surface area contributed by atoms with Gasteiger partial charge in [-0.3, -0.25) is 0 Å². The van der Waals surface area contributed by atoms with Gasteiger partial charge >= 0.3 is 0 Å². The molecule has 0 bridgehead atoms. The predicted octanol–water partition coefficient (Wildman–Crippen LogP) is 0.980. The molecule has 1 saturated heterocycles. The summed E-state index contributed by atoms with van der Waals surface area (Å²) >= 11 is 0. The molecule has 1 aliphatic heterocycles. The van der Waals surface area contributed by atoms with Crippen LogP contribution < -0.4 is 5.32 Å². The highest BCUT2D eigenvalue weighted by atomic mass is 32.2. The van der Waals surface area contributed by atoms with Gasteiger partial charge in [-0.05, 0) is 24.8 Å². The zero-order valence-corrected chi connectivity index (χ0v) is 14.3. The number of nitrogens with one attached hydrogen (secondary N) is 1. The van der Waals surface area contributed by atoms with Crippen LogP contribution in [0.3, 0.4) is 0 Å².